The standard InChI is InChI=1S/C25H37N7O4/c1-3-4-18(7-9-33)29-24-23-20(30-25(26)31-24)13-28-32(23)14-17-11-16(5-6-22(17)35-2)12-27-19-8-10-36-15-21(19)34/h5-6,11,13,18-19,21,27,33-34H,3-4,7-10,12,14-15H2,1-2H3,(H3,26,29,30,31)/t18-,19+,21+/m0/s1. The summed E-state index contributed by atoms with van der Waals surface area (Å²) in [4.78, 5) is 8.83. The summed E-state index contributed by atoms with van der Waals surface area (Å²) in [6.07, 6.45) is 4.43. The van der Waals surface area contributed by atoms with E-state index < -0.39 is 6.10 Å². The van der Waals surface area contributed by atoms with Crippen LogP contribution in [0.2, 0.25) is 0 Å². The normalized spacial score (nSPS) is 18.9. The summed E-state index contributed by atoms with van der Waals surface area (Å²) in [6.45, 7) is 4.26. The van der Waals surface area contributed by atoms with Crippen molar-refractivity contribution in [3.63, 3.8) is 0 Å². The van der Waals surface area contributed by atoms with Crippen molar-refractivity contribution in [1.82, 2.24) is 25.1 Å². The maximum Gasteiger partial charge on any atom is 0.222 e. The van der Waals surface area contributed by atoms with E-state index in [0.29, 0.717) is 44.1 Å². The second-order valence-corrected chi connectivity index (χ2v) is 9.17. The number of ether oxygens (including phenoxy) is 2. The Morgan fingerprint density at radius 1 is 1.31 bits per heavy atom. The molecule has 11 nitrogen and oxygen atoms in total. The first-order chi connectivity index (χ1) is 17.5. The molecule has 36 heavy (non-hydrogen) atoms. The smallest absolute Gasteiger partial charge is 0.222 e. The van der Waals surface area contributed by atoms with Crippen molar-refractivity contribution in [3.8, 4) is 5.75 Å². The minimum atomic E-state index is -0.507. The molecule has 6 N–H and O–H groups in total. The highest BCUT2D eigenvalue weighted by atomic mass is 16.5. The number of methoxy groups -OCH3 is 1. The number of rotatable bonds is 12. The Labute approximate surface area is 211 Å². The van der Waals surface area contributed by atoms with Gasteiger partial charge in [0, 0.05) is 37.4 Å². The lowest BCUT2D eigenvalue weighted by Crippen LogP contribution is -2.46. The molecule has 3 aromatic rings. The number of benzene rings is 1. The van der Waals surface area contributed by atoms with Crippen LogP contribution in [0.5, 0.6) is 5.75 Å². The van der Waals surface area contributed by atoms with Gasteiger partial charge in [0.05, 0.1) is 32.6 Å². The largest absolute Gasteiger partial charge is 0.496 e. The van der Waals surface area contributed by atoms with Gasteiger partial charge in [-0.15, -0.1) is 0 Å². The van der Waals surface area contributed by atoms with E-state index in [1.54, 1.807) is 13.3 Å². The van der Waals surface area contributed by atoms with Crippen LogP contribution < -0.4 is 21.1 Å². The summed E-state index contributed by atoms with van der Waals surface area (Å²) in [6, 6.07) is 6.12. The Balaban J connectivity index is 1.59. The number of nitrogens with one attached hydrogen (secondary N) is 2. The van der Waals surface area contributed by atoms with Gasteiger partial charge in [0.2, 0.25) is 5.95 Å². The van der Waals surface area contributed by atoms with Crippen LogP contribution in [0.15, 0.2) is 24.4 Å². The van der Waals surface area contributed by atoms with Crippen LogP contribution in [0.3, 0.4) is 0 Å². The Kier molecular flexibility index (Phi) is 8.92. The number of aliphatic hydroxyl groups is 2. The van der Waals surface area contributed by atoms with E-state index in [9.17, 15) is 10.2 Å². The molecule has 0 spiro atoms. The minimum absolute atomic E-state index is 0.00517. The lowest BCUT2D eigenvalue weighted by Gasteiger charge is -2.28. The van der Waals surface area contributed by atoms with E-state index >= 15 is 0 Å². The third-order valence-corrected chi connectivity index (χ3v) is 6.52. The zero-order chi connectivity index (χ0) is 25.5. The predicted molar refractivity (Wildman–Crippen MR) is 138 cm³/mol. The Morgan fingerprint density at radius 2 is 2.17 bits per heavy atom. The number of aromatic nitrogens is 4. The lowest BCUT2D eigenvalue weighted by molar-refractivity contribution is -0.0280. The first-order valence-electron chi connectivity index (χ1n) is 12.5. The zero-order valence-electron chi connectivity index (χ0n) is 21.0. The SMILES string of the molecule is CCC[C@@H](CCO)Nc1nc(N)nc2cnn(Cc3cc(CN[C@@H]4CCOC[C@H]4O)ccc3OC)c12. The topological polar surface area (TPSA) is 153 Å². The van der Waals surface area contributed by atoms with Gasteiger partial charge < -0.3 is 36.1 Å². The van der Waals surface area contributed by atoms with E-state index in [1.807, 2.05) is 16.8 Å². The zero-order valence-corrected chi connectivity index (χ0v) is 21.0. The molecule has 11 heteroatoms. The van der Waals surface area contributed by atoms with Crippen LogP contribution in [-0.2, 0) is 17.8 Å². The highest BCUT2D eigenvalue weighted by molar-refractivity contribution is 5.86. The number of hydrogen-bond donors (Lipinski definition) is 5. The van der Waals surface area contributed by atoms with Gasteiger partial charge in [-0.1, -0.05) is 19.4 Å². The average molecular weight is 500 g/mol. The second-order valence-electron chi connectivity index (χ2n) is 9.17. The van der Waals surface area contributed by atoms with E-state index in [1.165, 1.54) is 0 Å². The van der Waals surface area contributed by atoms with E-state index in [0.717, 1.165) is 41.7 Å². The molecule has 1 fully saturated rings. The molecule has 2 aromatic heterocycles. The molecule has 0 saturated carbocycles. The van der Waals surface area contributed by atoms with Gasteiger partial charge in [-0.25, -0.2) is 4.98 Å². The summed E-state index contributed by atoms with van der Waals surface area (Å²) >= 11 is 0. The Hall–Kier alpha value is -2.99. The third kappa shape index (κ3) is 6.22. The summed E-state index contributed by atoms with van der Waals surface area (Å²) in [7, 11) is 1.65. The van der Waals surface area contributed by atoms with Gasteiger partial charge in [0.1, 0.15) is 16.8 Å². The van der Waals surface area contributed by atoms with Gasteiger partial charge >= 0.3 is 0 Å². The predicted octanol–water partition coefficient (Wildman–Crippen LogP) is 1.67. The van der Waals surface area contributed by atoms with Gasteiger partial charge in [-0.2, -0.15) is 10.1 Å². The molecular formula is C25H37N7O4. The fraction of sp³-hybridized carbons (Fsp3) is 0.560. The van der Waals surface area contributed by atoms with Gasteiger partial charge in [0.15, 0.2) is 5.82 Å². The molecule has 0 aliphatic carbocycles. The summed E-state index contributed by atoms with van der Waals surface area (Å²) < 4.78 is 12.8. The number of fused-ring (bicyclic) bond motifs is 1. The van der Waals surface area contributed by atoms with Crippen molar-refractivity contribution in [1.29, 1.82) is 0 Å². The monoisotopic (exact) mass is 499 g/mol. The molecule has 0 amide bonds. The highest BCUT2D eigenvalue weighted by Crippen LogP contribution is 2.27. The molecule has 3 heterocycles. The van der Waals surface area contributed by atoms with Crippen LogP contribution in [0, 0.1) is 0 Å². The van der Waals surface area contributed by atoms with Gasteiger partial charge in [-0.05, 0) is 37.0 Å². The molecule has 4 rings (SSSR count). The molecule has 1 aliphatic heterocycles. The number of nitrogens with zero attached hydrogens (tertiary/aromatic N) is 4. The average Bonchev–Trinajstić information content (AvgIpc) is 3.26. The molecule has 3 atom stereocenters. The molecule has 0 bridgehead atoms. The summed E-state index contributed by atoms with van der Waals surface area (Å²) in [5.41, 5.74) is 9.41. The first kappa shape index (κ1) is 26.1. The van der Waals surface area contributed by atoms with E-state index in [-0.39, 0.29) is 24.6 Å². The van der Waals surface area contributed by atoms with Crippen molar-refractivity contribution in [3.05, 3.63) is 35.5 Å². The van der Waals surface area contributed by atoms with Crippen molar-refractivity contribution in [2.24, 2.45) is 0 Å². The maximum absolute atomic E-state index is 10.2. The number of anilines is 2. The fourth-order valence-electron chi connectivity index (χ4n) is 4.66. The van der Waals surface area contributed by atoms with Gasteiger partial charge in [0.25, 0.3) is 0 Å². The highest BCUT2D eigenvalue weighted by Gasteiger charge is 2.23. The van der Waals surface area contributed by atoms with Crippen molar-refractivity contribution in [2.75, 3.05) is 38.0 Å². The second kappa shape index (κ2) is 12.3. The Morgan fingerprint density at radius 3 is 2.92 bits per heavy atom. The fourth-order valence-corrected chi connectivity index (χ4v) is 4.66. The molecule has 1 aromatic carbocycles. The third-order valence-electron chi connectivity index (χ3n) is 6.52. The molecule has 0 radical (unpaired) electrons. The van der Waals surface area contributed by atoms with Crippen LogP contribution in [0.25, 0.3) is 11.0 Å². The number of nitrogen functional groups attached to an aromatic ring is 1. The van der Waals surface area contributed by atoms with Crippen LogP contribution in [0.1, 0.15) is 43.7 Å². The molecular weight excluding hydrogens is 462 g/mol. The van der Waals surface area contributed by atoms with Crippen molar-refractivity contribution in [2.45, 2.75) is 63.9 Å². The molecule has 196 valence electrons. The summed E-state index contributed by atoms with van der Waals surface area (Å²) in [5, 5.41) is 31.1. The molecule has 1 saturated heterocycles. The van der Waals surface area contributed by atoms with E-state index in [2.05, 4.69) is 38.7 Å². The van der Waals surface area contributed by atoms with E-state index in [4.69, 9.17) is 15.2 Å². The number of aliphatic hydroxyl groups excluding tert-OH is 2. The summed E-state index contributed by atoms with van der Waals surface area (Å²) in [5.74, 6) is 1.53. The van der Waals surface area contributed by atoms with Crippen LogP contribution >= 0.6 is 0 Å². The molecule has 1 aliphatic rings. The lowest BCUT2D eigenvalue weighted by atomic mass is 10.0. The van der Waals surface area contributed by atoms with Crippen LogP contribution in [-0.4, -0.2) is 75.1 Å². The number of hydrogen-bond acceptors (Lipinski definition) is 10. The quantitative estimate of drug-likeness (QED) is 0.249. The number of nitrogens with two attached hydrogens (primary N) is 1. The minimum Gasteiger partial charge on any atom is -0.496 e. The first-order valence-corrected chi connectivity index (χ1v) is 12.5. The van der Waals surface area contributed by atoms with Crippen molar-refractivity contribution < 1.29 is 19.7 Å². The maximum atomic E-state index is 10.2. The Bertz CT molecular complexity index is 1130. The van der Waals surface area contributed by atoms with Crippen molar-refractivity contribution >= 4 is 22.8 Å². The molecule has 0 unspecified atom stereocenters. The van der Waals surface area contributed by atoms with Gasteiger partial charge in [-0.3, -0.25) is 4.68 Å². The van der Waals surface area contributed by atoms with Crippen LogP contribution in [0.4, 0.5) is 11.8 Å².